The number of benzene rings is 2. The van der Waals surface area contributed by atoms with Crippen LogP contribution in [-0.2, 0) is 10.9 Å². The lowest BCUT2D eigenvalue weighted by atomic mass is 9.95. The summed E-state index contributed by atoms with van der Waals surface area (Å²) >= 11 is 1.14. The Bertz CT molecular complexity index is 1790. The summed E-state index contributed by atoms with van der Waals surface area (Å²) < 4.78 is 81.3. The Morgan fingerprint density at radius 2 is 1.77 bits per heavy atom. The first kappa shape index (κ1) is 34.4. The molecule has 0 bridgehead atoms. The fraction of sp³-hybridized carbons (Fsp3) is 0.545. The summed E-state index contributed by atoms with van der Waals surface area (Å²) in [6.07, 6.45) is -5.44. The molecule has 0 aliphatic carbocycles. The second kappa shape index (κ2) is 12.8. The van der Waals surface area contributed by atoms with E-state index < -0.39 is 70.0 Å². The van der Waals surface area contributed by atoms with Crippen molar-refractivity contribution < 1.29 is 31.5 Å². The normalized spacial score (nSPS) is 22.3. The molecule has 2 saturated heterocycles. The van der Waals surface area contributed by atoms with Crippen molar-refractivity contribution in [2.24, 2.45) is 0 Å². The van der Waals surface area contributed by atoms with E-state index in [0.29, 0.717) is 12.6 Å². The van der Waals surface area contributed by atoms with E-state index in [0.717, 1.165) is 56.1 Å². The van der Waals surface area contributed by atoms with Crippen molar-refractivity contribution in [1.29, 1.82) is 0 Å². The second-order valence-corrected chi connectivity index (χ2v) is 14.8. The molecule has 0 saturated carbocycles. The number of carbonyl (C=O) groups excluding carboxylic acids is 1. The second-order valence-electron chi connectivity index (χ2n) is 13.7. The van der Waals surface area contributed by atoms with E-state index in [4.69, 9.17) is 4.74 Å². The first-order valence-electron chi connectivity index (χ1n) is 16.0. The molecular formula is C33H39F5N6O3S. The van der Waals surface area contributed by atoms with Gasteiger partial charge in [0.15, 0.2) is 0 Å². The number of ether oxygens (including phenoxy) is 1. The van der Waals surface area contributed by atoms with Gasteiger partial charge in [-0.1, -0.05) is 0 Å². The Labute approximate surface area is 279 Å². The van der Waals surface area contributed by atoms with Gasteiger partial charge in [0, 0.05) is 91.1 Å². The number of amides is 1. The standard InChI is InChI=1S/C33H39F5N6O3S/c1-18-15-43(31(46)47-32(3,4)5)19(2)14-42(18)29-23-13-24(33(36,37)38)26(22-7-6-20(34)12-25(22)35)28-27(23)44(30(45)40-29)21(17-48-28)16-41-10-8-39-9-11-41/h6-7,12-13,18-19,21,39H,8-11,14-17H2,1-5H3/t18-,19-,21-/m0/s1. The molecule has 6 rings (SSSR count). The minimum atomic E-state index is -4.92. The van der Waals surface area contributed by atoms with Crippen LogP contribution in [0.3, 0.4) is 0 Å². The van der Waals surface area contributed by atoms with Crippen LogP contribution in [0.15, 0.2) is 34.0 Å². The van der Waals surface area contributed by atoms with Crippen LogP contribution in [0.1, 0.15) is 46.2 Å². The Morgan fingerprint density at radius 1 is 1.06 bits per heavy atom. The van der Waals surface area contributed by atoms with Crippen molar-refractivity contribution in [3.05, 3.63) is 51.9 Å². The summed E-state index contributed by atoms with van der Waals surface area (Å²) in [5.74, 6) is -1.73. The number of hydrogen-bond acceptors (Lipinski definition) is 8. The van der Waals surface area contributed by atoms with Crippen molar-refractivity contribution >= 4 is 34.6 Å². The van der Waals surface area contributed by atoms with E-state index >= 15 is 4.39 Å². The average Bonchev–Trinajstić information content (AvgIpc) is 2.99. The van der Waals surface area contributed by atoms with E-state index in [1.165, 1.54) is 4.57 Å². The topological polar surface area (TPSA) is 82.9 Å². The molecule has 0 spiro atoms. The van der Waals surface area contributed by atoms with Gasteiger partial charge < -0.3 is 19.9 Å². The van der Waals surface area contributed by atoms with Gasteiger partial charge in [-0.05, 0) is 52.8 Å². The zero-order valence-electron chi connectivity index (χ0n) is 27.5. The lowest BCUT2D eigenvalue weighted by Crippen LogP contribution is -2.59. The molecule has 9 nitrogen and oxygen atoms in total. The molecule has 48 heavy (non-hydrogen) atoms. The first-order valence-corrected chi connectivity index (χ1v) is 17.0. The molecule has 3 atom stereocenters. The molecule has 2 aromatic carbocycles. The summed E-state index contributed by atoms with van der Waals surface area (Å²) in [7, 11) is 0. The zero-order chi connectivity index (χ0) is 34.7. The SMILES string of the molecule is C[C@H]1CN(c2nc(=O)n3c4c(c(-c5ccc(F)cc5F)c(C(F)(F)F)cc24)SC[C@@H]3CN2CCNCC2)[C@@H](C)CN1C(=O)OC(C)(C)C. The molecule has 4 heterocycles. The van der Waals surface area contributed by atoms with Crippen LogP contribution < -0.4 is 15.9 Å². The third kappa shape index (κ3) is 6.60. The maximum absolute atomic E-state index is 15.3. The van der Waals surface area contributed by atoms with E-state index in [2.05, 4.69) is 15.2 Å². The molecule has 1 aromatic heterocycles. The highest BCUT2D eigenvalue weighted by molar-refractivity contribution is 7.99. The van der Waals surface area contributed by atoms with E-state index in [-0.39, 0.29) is 40.5 Å². The average molecular weight is 695 g/mol. The Kier molecular flexibility index (Phi) is 9.18. The highest BCUT2D eigenvalue weighted by Crippen LogP contribution is 2.50. The molecule has 3 aromatic rings. The maximum Gasteiger partial charge on any atom is 0.417 e. The van der Waals surface area contributed by atoms with Gasteiger partial charge in [0.2, 0.25) is 0 Å². The van der Waals surface area contributed by atoms with Crippen molar-refractivity contribution in [1.82, 2.24) is 24.7 Å². The van der Waals surface area contributed by atoms with Crippen LogP contribution in [0.4, 0.5) is 32.6 Å². The number of hydrogen-bond donors (Lipinski definition) is 1. The third-order valence-corrected chi connectivity index (χ3v) is 10.2. The number of carbonyl (C=O) groups is 1. The fourth-order valence-electron chi connectivity index (χ4n) is 6.82. The van der Waals surface area contributed by atoms with Crippen LogP contribution in [-0.4, -0.2) is 94.7 Å². The fourth-order valence-corrected chi connectivity index (χ4v) is 8.14. The van der Waals surface area contributed by atoms with Crippen molar-refractivity contribution in [2.75, 3.05) is 56.5 Å². The largest absolute Gasteiger partial charge is 0.444 e. The summed E-state index contributed by atoms with van der Waals surface area (Å²) in [5.41, 5.74) is -3.05. The van der Waals surface area contributed by atoms with Crippen molar-refractivity contribution in [3.8, 4) is 11.1 Å². The number of piperazine rings is 2. The van der Waals surface area contributed by atoms with Gasteiger partial charge in [0.05, 0.1) is 17.1 Å². The minimum Gasteiger partial charge on any atom is -0.444 e. The Morgan fingerprint density at radius 3 is 2.42 bits per heavy atom. The minimum absolute atomic E-state index is 0.0655. The van der Waals surface area contributed by atoms with E-state index in [9.17, 15) is 27.2 Å². The number of halogens is 5. The van der Waals surface area contributed by atoms with Gasteiger partial charge in [-0.15, -0.1) is 11.8 Å². The summed E-state index contributed by atoms with van der Waals surface area (Å²) in [5, 5.41) is 3.39. The summed E-state index contributed by atoms with van der Waals surface area (Å²) in [4.78, 5) is 37.2. The first-order chi connectivity index (χ1) is 22.5. The van der Waals surface area contributed by atoms with Gasteiger partial charge in [-0.3, -0.25) is 9.47 Å². The predicted molar refractivity (Wildman–Crippen MR) is 175 cm³/mol. The number of rotatable bonds is 4. The van der Waals surface area contributed by atoms with Crippen LogP contribution in [0.5, 0.6) is 0 Å². The van der Waals surface area contributed by atoms with Crippen LogP contribution in [0.2, 0.25) is 0 Å². The van der Waals surface area contributed by atoms with E-state index in [1.54, 1.807) is 37.5 Å². The Hall–Kier alpha value is -3.43. The number of aromatic nitrogens is 2. The van der Waals surface area contributed by atoms with Gasteiger partial charge in [-0.2, -0.15) is 18.2 Å². The summed E-state index contributed by atoms with van der Waals surface area (Å²) in [6.45, 7) is 12.8. The zero-order valence-corrected chi connectivity index (χ0v) is 28.3. The highest BCUT2D eigenvalue weighted by atomic mass is 32.2. The van der Waals surface area contributed by atoms with Gasteiger partial charge in [0.25, 0.3) is 0 Å². The molecule has 1 N–H and O–H groups in total. The molecule has 260 valence electrons. The number of thioether (sulfide) groups is 1. The Balaban J connectivity index is 1.56. The number of anilines is 1. The lowest BCUT2D eigenvalue weighted by Gasteiger charge is -2.45. The van der Waals surface area contributed by atoms with E-state index in [1.807, 2.05) is 6.92 Å². The molecule has 2 fully saturated rings. The highest BCUT2D eigenvalue weighted by Gasteiger charge is 2.42. The molecular weight excluding hydrogens is 655 g/mol. The van der Waals surface area contributed by atoms with Crippen molar-refractivity contribution in [3.63, 3.8) is 0 Å². The van der Waals surface area contributed by atoms with Gasteiger partial charge >= 0.3 is 18.0 Å². The maximum atomic E-state index is 15.3. The predicted octanol–water partition coefficient (Wildman–Crippen LogP) is 5.75. The molecule has 3 aliphatic heterocycles. The monoisotopic (exact) mass is 694 g/mol. The van der Waals surface area contributed by atoms with Gasteiger partial charge in [-0.25, -0.2) is 18.4 Å². The van der Waals surface area contributed by atoms with Crippen LogP contribution in [0, 0.1) is 11.6 Å². The molecule has 0 unspecified atom stereocenters. The quantitative estimate of drug-likeness (QED) is 0.346. The van der Waals surface area contributed by atoms with Crippen LogP contribution >= 0.6 is 11.8 Å². The van der Waals surface area contributed by atoms with Crippen LogP contribution in [0.25, 0.3) is 22.0 Å². The summed E-state index contributed by atoms with van der Waals surface area (Å²) in [6, 6.07) is 2.15. The van der Waals surface area contributed by atoms with Gasteiger partial charge in [0.1, 0.15) is 23.1 Å². The molecule has 0 radical (unpaired) electrons. The molecule has 1 amide bonds. The number of nitrogens with zero attached hydrogens (tertiary/aromatic N) is 5. The number of nitrogens with one attached hydrogen (secondary N) is 1. The lowest BCUT2D eigenvalue weighted by molar-refractivity contribution is -0.137. The van der Waals surface area contributed by atoms with Crippen molar-refractivity contribution in [2.45, 2.75) is 69.4 Å². The third-order valence-electron chi connectivity index (χ3n) is 9.00. The number of alkyl halides is 3. The molecule has 15 heteroatoms. The molecule has 3 aliphatic rings. The smallest absolute Gasteiger partial charge is 0.417 e.